The van der Waals surface area contributed by atoms with Crippen molar-refractivity contribution in [3.8, 4) is 0 Å². The standard InChI is InChI=1S/C20H31ClN4O/c1-5-14(2)15(3)17(13-22)25-11-8-20(4,9-12-25)24-19(26)18-16(21)7-6-10-23-18/h6-7,10,13-15,17,22H,5,8-9,11-12H2,1-4H3,(H,24,26)/t14-,15-,17?/m1/s1. The Morgan fingerprint density at radius 1 is 1.46 bits per heavy atom. The van der Waals surface area contributed by atoms with Crippen molar-refractivity contribution in [3.63, 3.8) is 0 Å². The third-order valence-electron chi connectivity index (χ3n) is 5.96. The van der Waals surface area contributed by atoms with E-state index in [-0.39, 0.29) is 23.2 Å². The van der Waals surface area contributed by atoms with Gasteiger partial charge in [-0.2, -0.15) is 0 Å². The van der Waals surface area contributed by atoms with E-state index in [9.17, 15) is 4.79 Å². The van der Waals surface area contributed by atoms with Gasteiger partial charge < -0.3 is 10.7 Å². The number of piperidine rings is 1. The van der Waals surface area contributed by atoms with Gasteiger partial charge in [-0.25, -0.2) is 4.98 Å². The number of aromatic nitrogens is 1. The minimum Gasteiger partial charge on any atom is -0.345 e. The van der Waals surface area contributed by atoms with Crippen molar-refractivity contribution < 1.29 is 4.79 Å². The van der Waals surface area contributed by atoms with Gasteiger partial charge in [0.2, 0.25) is 0 Å². The van der Waals surface area contributed by atoms with Gasteiger partial charge in [0, 0.05) is 37.1 Å². The minimum absolute atomic E-state index is 0.162. The molecule has 1 aliphatic heterocycles. The van der Waals surface area contributed by atoms with E-state index in [0.717, 1.165) is 32.4 Å². The molecule has 6 heteroatoms. The number of amides is 1. The van der Waals surface area contributed by atoms with Crippen molar-refractivity contribution in [2.75, 3.05) is 13.1 Å². The summed E-state index contributed by atoms with van der Waals surface area (Å²) in [7, 11) is 0. The van der Waals surface area contributed by atoms with Crippen molar-refractivity contribution in [3.05, 3.63) is 29.0 Å². The Morgan fingerprint density at radius 3 is 2.65 bits per heavy atom. The van der Waals surface area contributed by atoms with Crippen molar-refractivity contribution in [2.24, 2.45) is 11.8 Å². The molecular formula is C20H31ClN4O. The number of likely N-dealkylation sites (tertiary alicyclic amines) is 1. The summed E-state index contributed by atoms with van der Waals surface area (Å²) in [4.78, 5) is 19.0. The smallest absolute Gasteiger partial charge is 0.271 e. The number of hydrogen-bond acceptors (Lipinski definition) is 4. The largest absolute Gasteiger partial charge is 0.345 e. The zero-order chi connectivity index (χ0) is 19.3. The van der Waals surface area contributed by atoms with E-state index in [1.165, 1.54) is 0 Å². The van der Waals surface area contributed by atoms with Crippen molar-refractivity contribution in [1.82, 2.24) is 15.2 Å². The second kappa shape index (κ2) is 8.96. The molecule has 1 amide bonds. The van der Waals surface area contributed by atoms with Crippen LogP contribution >= 0.6 is 11.6 Å². The molecule has 1 aliphatic rings. The molecule has 2 rings (SSSR count). The highest BCUT2D eigenvalue weighted by Crippen LogP contribution is 2.28. The Morgan fingerprint density at radius 2 is 2.12 bits per heavy atom. The molecule has 2 N–H and O–H groups in total. The van der Waals surface area contributed by atoms with Gasteiger partial charge in [-0.3, -0.25) is 9.69 Å². The fourth-order valence-electron chi connectivity index (χ4n) is 3.62. The van der Waals surface area contributed by atoms with E-state index in [0.29, 0.717) is 16.9 Å². The molecule has 1 saturated heterocycles. The number of carbonyl (C=O) groups excluding carboxylic acids is 1. The van der Waals surface area contributed by atoms with Gasteiger partial charge in [0.1, 0.15) is 5.69 Å². The number of carbonyl (C=O) groups is 1. The van der Waals surface area contributed by atoms with Crippen LogP contribution in [0, 0.1) is 17.2 Å². The molecule has 0 aliphatic carbocycles. The van der Waals surface area contributed by atoms with Crippen LogP contribution in [-0.2, 0) is 0 Å². The molecule has 1 aromatic heterocycles. The minimum atomic E-state index is -0.277. The zero-order valence-corrected chi connectivity index (χ0v) is 17.0. The molecule has 1 aromatic rings. The zero-order valence-electron chi connectivity index (χ0n) is 16.3. The average molecular weight is 379 g/mol. The lowest BCUT2D eigenvalue weighted by molar-refractivity contribution is 0.0750. The molecule has 0 radical (unpaired) electrons. The lowest BCUT2D eigenvalue weighted by Crippen LogP contribution is -2.56. The van der Waals surface area contributed by atoms with E-state index >= 15 is 0 Å². The molecule has 0 aromatic carbocycles. The molecule has 0 saturated carbocycles. The van der Waals surface area contributed by atoms with E-state index < -0.39 is 0 Å². The van der Waals surface area contributed by atoms with Crippen molar-refractivity contribution >= 4 is 23.7 Å². The molecule has 1 unspecified atom stereocenters. The van der Waals surface area contributed by atoms with Crippen LogP contribution in [0.2, 0.25) is 5.02 Å². The van der Waals surface area contributed by atoms with Gasteiger partial charge in [-0.15, -0.1) is 0 Å². The Labute approximate surface area is 162 Å². The molecular weight excluding hydrogens is 348 g/mol. The predicted molar refractivity (Wildman–Crippen MR) is 107 cm³/mol. The highest BCUT2D eigenvalue weighted by Gasteiger charge is 2.36. The highest BCUT2D eigenvalue weighted by molar-refractivity contribution is 6.33. The van der Waals surface area contributed by atoms with Crippen LogP contribution in [0.5, 0.6) is 0 Å². The van der Waals surface area contributed by atoms with Crippen LogP contribution in [-0.4, -0.2) is 46.7 Å². The maximum atomic E-state index is 12.5. The molecule has 144 valence electrons. The first-order chi connectivity index (χ1) is 12.3. The third-order valence-corrected chi connectivity index (χ3v) is 6.27. The van der Waals surface area contributed by atoms with Gasteiger partial charge >= 0.3 is 0 Å². The molecule has 3 atom stereocenters. The van der Waals surface area contributed by atoms with Crippen LogP contribution in [0.25, 0.3) is 0 Å². The maximum Gasteiger partial charge on any atom is 0.271 e. The first-order valence-corrected chi connectivity index (χ1v) is 9.86. The topological polar surface area (TPSA) is 69.1 Å². The average Bonchev–Trinajstić information content (AvgIpc) is 2.63. The van der Waals surface area contributed by atoms with Crippen LogP contribution in [0.3, 0.4) is 0 Å². The third kappa shape index (κ3) is 4.83. The highest BCUT2D eigenvalue weighted by atomic mass is 35.5. The summed E-state index contributed by atoms with van der Waals surface area (Å²) in [6.07, 6.45) is 5.99. The van der Waals surface area contributed by atoms with Crippen LogP contribution in [0.4, 0.5) is 0 Å². The Kier molecular flexibility index (Phi) is 7.18. The summed E-state index contributed by atoms with van der Waals surface area (Å²) in [5, 5.41) is 11.4. The molecule has 1 fully saturated rings. The lowest BCUT2D eigenvalue weighted by Gasteiger charge is -2.44. The van der Waals surface area contributed by atoms with Gasteiger partial charge in [0.25, 0.3) is 5.91 Å². The summed E-state index contributed by atoms with van der Waals surface area (Å²) in [5.74, 6) is 0.813. The Hall–Kier alpha value is -1.46. The first-order valence-electron chi connectivity index (χ1n) is 9.49. The summed E-state index contributed by atoms with van der Waals surface area (Å²) >= 11 is 6.09. The van der Waals surface area contributed by atoms with Gasteiger partial charge in [0.05, 0.1) is 5.02 Å². The molecule has 5 nitrogen and oxygen atoms in total. The monoisotopic (exact) mass is 378 g/mol. The second-order valence-electron chi connectivity index (χ2n) is 7.79. The van der Waals surface area contributed by atoms with Gasteiger partial charge in [0.15, 0.2) is 0 Å². The number of hydrogen-bond donors (Lipinski definition) is 2. The number of nitrogens with zero attached hydrogens (tertiary/aromatic N) is 2. The van der Waals surface area contributed by atoms with Crippen molar-refractivity contribution in [1.29, 1.82) is 5.41 Å². The quantitative estimate of drug-likeness (QED) is 0.704. The predicted octanol–water partition coefficient (Wildman–Crippen LogP) is 4.02. The molecule has 0 spiro atoms. The summed E-state index contributed by atoms with van der Waals surface area (Å²) < 4.78 is 0. The van der Waals surface area contributed by atoms with E-state index in [1.54, 1.807) is 24.5 Å². The van der Waals surface area contributed by atoms with E-state index in [1.807, 2.05) is 0 Å². The van der Waals surface area contributed by atoms with Crippen molar-refractivity contribution in [2.45, 2.75) is 58.5 Å². The maximum absolute atomic E-state index is 12.5. The lowest BCUT2D eigenvalue weighted by atomic mass is 9.83. The van der Waals surface area contributed by atoms with E-state index in [4.69, 9.17) is 17.0 Å². The fourth-order valence-corrected chi connectivity index (χ4v) is 3.83. The van der Waals surface area contributed by atoms with Crippen LogP contribution < -0.4 is 5.32 Å². The first kappa shape index (κ1) is 20.8. The number of pyridine rings is 1. The summed E-state index contributed by atoms with van der Waals surface area (Å²) in [5.41, 5.74) is 0.00116. The summed E-state index contributed by atoms with van der Waals surface area (Å²) in [6.45, 7) is 10.5. The fraction of sp³-hybridized carbons (Fsp3) is 0.650. The Bertz CT molecular complexity index is 628. The number of rotatable bonds is 7. The second-order valence-corrected chi connectivity index (χ2v) is 8.19. The number of nitrogens with one attached hydrogen (secondary N) is 2. The SMILES string of the molecule is CC[C@@H](C)[C@@H](C)C(C=N)N1CCC(C)(NC(=O)c2ncccc2Cl)CC1. The number of halogens is 1. The summed E-state index contributed by atoms with van der Waals surface area (Å²) in [6, 6.07) is 3.56. The normalized spacial score (nSPS) is 20.8. The van der Waals surface area contributed by atoms with E-state index in [2.05, 4.69) is 42.9 Å². The van der Waals surface area contributed by atoms with Gasteiger partial charge in [-0.05, 0) is 43.7 Å². The Balaban J connectivity index is 1.98. The van der Waals surface area contributed by atoms with Crippen LogP contribution in [0.1, 0.15) is 57.4 Å². The molecule has 26 heavy (non-hydrogen) atoms. The van der Waals surface area contributed by atoms with Gasteiger partial charge in [-0.1, -0.05) is 38.8 Å². The van der Waals surface area contributed by atoms with Crippen LogP contribution in [0.15, 0.2) is 18.3 Å². The molecule has 0 bridgehead atoms. The molecule has 2 heterocycles.